The van der Waals surface area contributed by atoms with Crippen LogP contribution in [0.25, 0.3) is 0 Å². The third-order valence-electron chi connectivity index (χ3n) is 4.74. The Bertz CT molecular complexity index is 562. The van der Waals surface area contributed by atoms with Gasteiger partial charge in [0.15, 0.2) is 0 Å². The number of rotatable bonds is 3. The minimum Gasteiger partial charge on any atom is -0.326 e. The van der Waals surface area contributed by atoms with E-state index in [1.807, 2.05) is 31.2 Å². The maximum absolute atomic E-state index is 12.4. The predicted octanol–water partition coefficient (Wildman–Crippen LogP) is 3.33. The highest BCUT2D eigenvalue weighted by Gasteiger charge is 2.36. The fraction of sp³-hybridized carbons (Fsp3) is 0.529. The third kappa shape index (κ3) is 2.80. The standard InChI is InChI=1S/C17H22N2O2/c1-17(9-2-3-10-17)16(21)18-13-6-4-7-14(12-13)19-11-5-8-15(19)20/h4,6-7,12H,2-3,5,8-11H2,1H3,(H,18,21). The Morgan fingerprint density at radius 3 is 2.67 bits per heavy atom. The summed E-state index contributed by atoms with van der Waals surface area (Å²) < 4.78 is 0. The molecule has 1 heterocycles. The van der Waals surface area contributed by atoms with Crippen LogP contribution in [0.3, 0.4) is 0 Å². The highest BCUT2D eigenvalue weighted by molar-refractivity contribution is 5.98. The van der Waals surface area contributed by atoms with Crippen LogP contribution in [0.4, 0.5) is 11.4 Å². The molecule has 1 saturated heterocycles. The average Bonchev–Trinajstić information content (AvgIpc) is 3.09. The highest BCUT2D eigenvalue weighted by atomic mass is 16.2. The molecule has 1 aliphatic carbocycles. The van der Waals surface area contributed by atoms with Gasteiger partial charge < -0.3 is 10.2 Å². The number of anilines is 2. The van der Waals surface area contributed by atoms with Crippen LogP contribution in [0.15, 0.2) is 24.3 Å². The van der Waals surface area contributed by atoms with Crippen LogP contribution < -0.4 is 10.2 Å². The Morgan fingerprint density at radius 2 is 2.00 bits per heavy atom. The quantitative estimate of drug-likeness (QED) is 0.926. The molecule has 0 unspecified atom stereocenters. The summed E-state index contributed by atoms with van der Waals surface area (Å²) in [5, 5.41) is 3.03. The van der Waals surface area contributed by atoms with Crippen molar-refractivity contribution in [1.82, 2.24) is 0 Å². The summed E-state index contributed by atoms with van der Waals surface area (Å²) in [6, 6.07) is 7.61. The van der Waals surface area contributed by atoms with Crippen LogP contribution in [0, 0.1) is 5.41 Å². The first kappa shape index (κ1) is 14.1. The molecule has 21 heavy (non-hydrogen) atoms. The van der Waals surface area contributed by atoms with Gasteiger partial charge in [-0.3, -0.25) is 9.59 Å². The molecule has 1 aliphatic heterocycles. The summed E-state index contributed by atoms with van der Waals surface area (Å²) in [6.45, 7) is 2.82. The van der Waals surface area contributed by atoms with Gasteiger partial charge in [-0.1, -0.05) is 25.8 Å². The lowest BCUT2D eigenvalue weighted by molar-refractivity contribution is -0.124. The Labute approximate surface area is 125 Å². The van der Waals surface area contributed by atoms with Crippen molar-refractivity contribution in [2.75, 3.05) is 16.8 Å². The molecule has 4 heteroatoms. The summed E-state index contributed by atoms with van der Waals surface area (Å²) >= 11 is 0. The SMILES string of the molecule is CC1(C(=O)Nc2cccc(N3CCCC3=O)c2)CCCC1. The van der Waals surface area contributed by atoms with Crippen molar-refractivity contribution in [2.24, 2.45) is 5.41 Å². The second-order valence-electron chi connectivity index (χ2n) is 6.42. The number of hydrogen-bond acceptors (Lipinski definition) is 2. The molecule has 1 saturated carbocycles. The van der Waals surface area contributed by atoms with E-state index in [-0.39, 0.29) is 17.2 Å². The molecule has 112 valence electrons. The average molecular weight is 286 g/mol. The number of hydrogen-bond donors (Lipinski definition) is 1. The molecule has 1 N–H and O–H groups in total. The minimum atomic E-state index is -0.237. The zero-order valence-corrected chi connectivity index (χ0v) is 12.5. The predicted molar refractivity (Wildman–Crippen MR) is 83.2 cm³/mol. The van der Waals surface area contributed by atoms with Crippen molar-refractivity contribution in [3.8, 4) is 0 Å². The van der Waals surface area contributed by atoms with Crippen molar-refractivity contribution >= 4 is 23.2 Å². The molecule has 3 rings (SSSR count). The van der Waals surface area contributed by atoms with E-state index in [2.05, 4.69) is 5.32 Å². The van der Waals surface area contributed by atoms with Crippen LogP contribution in [-0.4, -0.2) is 18.4 Å². The van der Waals surface area contributed by atoms with Gasteiger partial charge in [0.2, 0.25) is 11.8 Å². The number of amides is 2. The fourth-order valence-electron chi connectivity index (χ4n) is 3.34. The zero-order valence-electron chi connectivity index (χ0n) is 12.5. The van der Waals surface area contributed by atoms with Gasteiger partial charge in [0.25, 0.3) is 0 Å². The molecule has 1 aromatic carbocycles. The van der Waals surface area contributed by atoms with Gasteiger partial charge in [-0.15, -0.1) is 0 Å². The first-order valence-electron chi connectivity index (χ1n) is 7.80. The Morgan fingerprint density at radius 1 is 1.24 bits per heavy atom. The van der Waals surface area contributed by atoms with E-state index < -0.39 is 0 Å². The maximum atomic E-state index is 12.4. The van der Waals surface area contributed by atoms with Crippen LogP contribution in [0.5, 0.6) is 0 Å². The minimum absolute atomic E-state index is 0.102. The van der Waals surface area contributed by atoms with Crippen molar-refractivity contribution in [1.29, 1.82) is 0 Å². The molecule has 2 fully saturated rings. The topological polar surface area (TPSA) is 49.4 Å². The van der Waals surface area contributed by atoms with Crippen LogP contribution in [-0.2, 0) is 9.59 Å². The van der Waals surface area contributed by atoms with Crippen LogP contribution in [0.2, 0.25) is 0 Å². The molecule has 1 aromatic rings. The molecular formula is C17H22N2O2. The van der Waals surface area contributed by atoms with E-state index in [0.29, 0.717) is 6.42 Å². The molecule has 0 bridgehead atoms. The Balaban J connectivity index is 1.74. The molecule has 2 amide bonds. The lowest BCUT2D eigenvalue weighted by atomic mass is 9.88. The molecule has 4 nitrogen and oxygen atoms in total. The summed E-state index contributed by atoms with van der Waals surface area (Å²) in [7, 11) is 0. The second kappa shape index (κ2) is 5.51. The van der Waals surface area contributed by atoms with E-state index in [9.17, 15) is 9.59 Å². The van der Waals surface area contributed by atoms with Gasteiger partial charge in [0, 0.05) is 29.8 Å². The third-order valence-corrected chi connectivity index (χ3v) is 4.74. The van der Waals surface area contributed by atoms with Crippen molar-refractivity contribution in [3.63, 3.8) is 0 Å². The maximum Gasteiger partial charge on any atom is 0.230 e. The molecule has 0 aromatic heterocycles. The summed E-state index contributed by atoms with van der Waals surface area (Å²) in [5.41, 5.74) is 1.43. The molecule has 0 radical (unpaired) electrons. The molecule has 0 spiro atoms. The number of benzene rings is 1. The van der Waals surface area contributed by atoms with Gasteiger partial charge in [0.1, 0.15) is 0 Å². The van der Waals surface area contributed by atoms with E-state index in [1.54, 1.807) is 4.90 Å². The summed E-state index contributed by atoms with van der Waals surface area (Å²) in [4.78, 5) is 26.0. The van der Waals surface area contributed by atoms with E-state index in [1.165, 1.54) is 0 Å². The van der Waals surface area contributed by atoms with Crippen LogP contribution >= 0.6 is 0 Å². The van der Waals surface area contributed by atoms with Gasteiger partial charge in [-0.05, 0) is 37.5 Å². The molecule has 0 atom stereocenters. The molecule has 2 aliphatic rings. The highest BCUT2D eigenvalue weighted by Crippen LogP contribution is 2.38. The van der Waals surface area contributed by atoms with Gasteiger partial charge in [-0.2, -0.15) is 0 Å². The van der Waals surface area contributed by atoms with E-state index in [4.69, 9.17) is 0 Å². The molecular weight excluding hydrogens is 264 g/mol. The first-order valence-corrected chi connectivity index (χ1v) is 7.80. The van der Waals surface area contributed by atoms with Crippen LogP contribution in [0.1, 0.15) is 45.4 Å². The van der Waals surface area contributed by atoms with Crippen molar-refractivity contribution in [2.45, 2.75) is 45.4 Å². The summed E-state index contributed by atoms with van der Waals surface area (Å²) in [5.74, 6) is 0.270. The van der Waals surface area contributed by atoms with Gasteiger partial charge in [0.05, 0.1) is 0 Å². The van der Waals surface area contributed by atoms with Gasteiger partial charge in [-0.25, -0.2) is 0 Å². The lowest BCUT2D eigenvalue weighted by Crippen LogP contribution is -2.31. The summed E-state index contributed by atoms with van der Waals surface area (Å²) in [6.07, 6.45) is 5.72. The van der Waals surface area contributed by atoms with Crippen molar-refractivity contribution in [3.05, 3.63) is 24.3 Å². The Hall–Kier alpha value is -1.84. The lowest BCUT2D eigenvalue weighted by Gasteiger charge is -2.23. The largest absolute Gasteiger partial charge is 0.326 e. The monoisotopic (exact) mass is 286 g/mol. The smallest absolute Gasteiger partial charge is 0.230 e. The van der Waals surface area contributed by atoms with E-state index >= 15 is 0 Å². The van der Waals surface area contributed by atoms with Gasteiger partial charge >= 0.3 is 0 Å². The zero-order chi connectivity index (χ0) is 14.9. The fourth-order valence-corrected chi connectivity index (χ4v) is 3.34. The van der Waals surface area contributed by atoms with Crippen molar-refractivity contribution < 1.29 is 9.59 Å². The normalized spacial score (nSPS) is 20.8. The number of carbonyl (C=O) groups is 2. The number of nitrogens with zero attached hydrogens (tertiary/aromatic N) is 1. The van der Waals surface area contributed by atoms with E-state index in [0.717, 1.165) is 50.0 Å². The number of carbonyl (C=O) groups excluding carboxylic acids is 2. The number of nitrogens with one attached hydrogen (secondary N) is 1. The Kier molecular flexibility index (Phi) is 3.70. The first-order chi connectivity index (χ1) is 10.1. The second-order valence-corrected chi connectivity index (χ2v) is 6.42.